The van der Waals surface area contributed by atoms with E-state index in [1.54, 1.807) is 12.1 Å². The Kier molecular flexibility index (Phi) is 5.20. The molecule has 1 aromatic carbocycles. The number of piperazine rings is 1. The van der Waals surface area contributed by atoms with Crippen molar-refractivity contribution in [3.8, 4) is 5.75 Å². The standard InChI is InChI=1S/C18H22FN3O/c1-23-18-6-5-15(12-17(18)19)13-21-8-10-22(11-9-21)14-16-4-2-3-7-20-16/h2-7,12H,8-11,13-14H2,1H3. The van der Waals surface area contributed by atoms with Crippen molar-refractivity contribution in [1.82, 2.24) is 14.8 Å². The molecule has 0 spiro atoms. The predicted octanol–water partition coefficient (Wildman–Crippen LogP) is 2.55. The van der Waals surface area contributed by atoms with Gasteiger partial charge in [-0.1, -0.05) is 12.1 Å². The average molecular weight is 315 g/mol. The molecule has 0 aliphatic carbocycles. The van der Waals surface area contributed by atoms with Crippen LogP contribution in [0, 0.1) is 5.82 Å². The molecular formula is C18H22FN3O. The number of halogens is 1. The Morgan fingerprint density at radius 1 is 1.04 bits per heavy atom. The molecule has 0 saturated carbocycles. The number of rotatable bonds is 5. The molecule has 1 fully saturated rings. The molecule has 0 bridgehead atoms. The smallest absolute Gasteiger partial charge is 0.165 e. The molecular weight excluding hydrogens is 293 g/mol. The Balaban J connectivity index is 1.50. The minimum Gasteiger partial charge on any atom is -0.494 e. The molecule has 0 atom stereocenters. The predicted molar refractivity (Wildman–Crippen MR) is 87.7 cm³/mol. The largest absolute Gasteiger partial charge is 0.494 e. The molecule has 0 N–H and O–H groups in total. The Bertz CT molecular complexity index is 627. The Morgan fingerprint density at radius 2 is 1.78 bits per heavy atom. The number of pyridine rings is 1. The zero-order chi connectivity index (χ0) is 16.1. The molecule has 23 heavy (non-hydrogen) atoms. The van der Waals surface area contributed by atoms with Crippen LogP contribution in [0.4, 0.5) is 4.39 Å². The molecule has 2 aromatic rings. The second kappa shape index (κ2) is 7.53. The second-order valence-corrected chi connectivity index (χ2v) is 5.84. The maximum absolute atomic E-state index is 13.8. The molecule has 0 amide bonds. The molecule has 1 saturated heterocycles. The van der Waals surface area contributed by atoms with E-state index in [1.807, 2.05) is 24.4 Å². The van der Waals surface area contributed by atoms with Crippen LogP contribution in [0.25, 0.3) is 0 Å². The van der Waals surface area contributed by atoms with Crippen molar-refractivity contribution in [2.45, 2.75) is 13.1 Å². The van der Waals surface area contributed by atoms with E-state index >= 15 is 0 Å². The summed E-state index contributed by atoms with van der Waals surface area (Å²) in [7, 11) is 1.49. The molecule has 122 valence electrons. The first-order valence-corrected chi connectivity index (χ1v) is 7.91. The Labute approximate surface area is 136 Å². The first-order chi connectivity index (χ1) is 11.2. The maximum atomic E-state index is 13.8. The first-order valence-electron chi connectivity index (χ1n) is 7.91. The van der Waals surface area contributed by atoms with Crippen LogP contribution < -0.4 is 4.74 Å². The van der Waals surface area contributed by atoms with Gasteiger partial charge < -0.3 is 4.74 Å². The van der Waals surface area contributed by atoms with Gasteiger partial charge in [-0.05, 0) is 29.8 Å². The van der Waals surface area contributed by atoms with Crippen molar-refractivity contribution in [1.29, 1.82) is 0 Å². The van der Waals surface area contributed by atoms with E-state index in [2.05, 4.69) is 20.9 Å². The molecule has 1 aromatic heterocycles. The summed E-state index contributed by atoms with van der Waals surface area (Å²) in [5, 5.41) is 0. The maximum Gasteiger partial charge on any atom is 0.165 e. The van der Waals surface area contributed by atoms with Gasteiger partial charge in [0.2, 0.25) is 0 Å². The van der Waals surface area contributed by atoms with E-state index in [0.717, 1.165) is 50.5 Å². The first kappa shape index (κ1) is 15.9. The third-order valence-corrected chi connectivity index (χ3v) is 4.20. The molecule has 2 heterocycles. The zero-order valence-electron chi connectivity index (χ0n) is 13.4. The average Bonchev–Trinajstić information content (AvgIpc) is 2.58. The lowest BCUT2D eigenvalue weighted by Gasteiger charge is -2.34. The molecule has 0 unspecified atom stereocenters. The van der Waals surface area contributed by atoms with Crippen LogP contribution in [-0.4, -0.2) is 48.1 Å². The lowest BCUT2D eigenvalue weighted by molar-refractivity contribution is 0.121. The Hall–Kier alpha value is -1.98. The fourth-order valence-electron chi connectivity index (χ4n) is 2.89. The molecule has 4 nitrogen and oxygen atoms in total. The Morgan fingerprint density at radius 3 is 2.39 bits per heavy atom. The van der Waals surface area contributed by atoms with Crippen molar-refractivity contribution in [2.75, 3.05) is 33.3 Å². The van der Waals surface area contributed by atoms with Gasteiger partial charge >= 0.3 is 0 Å². The summed E-state index contributed by atoms with van der Waals surface area (Å²) in [5.41, 5.74) is 2.10. The number of benzene rings is 1. The summed E-state index contributed by atoms with van der Waals surface area (Å²) in [6, 6.07) is 11.2. The number of aromatic nitrogens is 1. The van der Waals surface area contributed by atoms with E-state index in [-0.39, 0.29) is 5.82 Å². The van der Waals surface area contributed by atoms with Crippen molar-refractivity contribution >= 4 is 0 Å². The topological polar surface area (TPSA) is 28.6 Å². The van der Waals surface area contributed by atoms with E-state index in [1.165, 1.54) is 7.11 Å². The van der Waals surface area contributed by atoms with E-state index < -0.39 is 0 Å². The number of methoxy groups -OCH3 is 1. The molecule has 1 aliphatic heterocycles. The lowest BCUT2D eigenvalue weighted by atomic mass is 10.1. The molecule has 5 heteroatoms. The van der Waals surface area contributed by atoms with Gasteiger partial charge in [0.25, 0.3) is 0 Å². The van der Waals surface area contributed by atoms with Gasteiger partial charge in [-0.25, -0.2) is 4.39 Å². The number of hydrogen-bond acceptors (Lipinski definition) is 4. The van der Waals surface area contributed by atoms with Crippen LogP contribution in [0.1, 0.15) is 11.3 Å². The highest BCUT2D eigenvalue weighted by Crippen LogP contribution is 2.19. The van der Waals surface area contributed by atoms with E-state index in [0.29, 0.717) is 5.75 Å². The van der Waals surface area contributed by atoms with Crippen LogP contribution in [0.5, 0.6) is 5.75 Å². The number of ether oxygens (including phenoxy) is 1. The fraction of sp³-hybridized carbons (Fsp3) is 0.389. The van der Waals surface area contributed by atoms with E-state index in [9.17, 15) is 4.39 Å². The number of nitrogens with zero attached hydrogens (tertiary/aromatic N) is 3. The van der Waals surface area contributed by atoms with Crippen LogP contribution in [-0.2, 0) is 13.1 Å². The summed E-state index contributed by atoms with van der Waals surface area (Å²) in [6.45, 7) is 5.66. The van der Waals surface area contributed by atoms with Crippen molar-refractivity contribution < 1.29 is 9.13 Å². The summed E-state index contributed by atoms with van der Waals surface area (Å²) >= 11 is 0. The SMILES string of the molecule is COc1ccc(CN2CCN(Cc3ccccn3)CC2)cc1F. The molecule has 3 rings (SSSR count). The highest BCUT2D eigenvalue weighted by atomic mass is 19.1. The van der Waals surface area contributed by atoms with Gasteiger partial charge in [-0.15, -0.1) is 0 Å². The summed E-state index contributed by atoms with van der Waals surface area (Å²) < 4.78 is 18.7. The summed E-state index contributed by atoms with van der Waals surface area (Å²) in [6.07, 6.45) is 1.84. The van der Waals surface area contributed by atoms with Crippen LogP contribution >= 0.6 is 0 Å². The molecule has 0 radical (unpaired) electrons. The highest BCUT2D eigenvalue weighted by molar-refractivity contribution is 5.29. The van der Waals surface area contributed by atoms with Gasteiger partial charge in [-0.3, -0.25) is 14.8 Å². The summed E-state index contributed by atoms with van der Waals surface area (Å²) in [4.78, 5) is 9.14. The minimum atomic E-state index is -0.293. The molecule has 1 aliphatic rings. The lowest BCUT2D eigenvalue weighted by Crippen LogP contribution is -2.45. The number of hydrogen-bond donors (Lipinski definition) is 0. The quantitative estimate of drug-likeness (QED) is 0.848. The van der Waals surface area contributed by atoms with Crippen LogP contribution in [0.2, 0.25) is 0 Å². The van der Waals surface area contributed by atoms with Gasteiger partial charge in [-0.2, -0.15) is 0 Å². The fourth-order valence-corrected chi connectivity index (χ4v) is 2.89. The van der Waals surface area contributed by atoms with Crippen LogP contribution in [0.3, 0.4) is 0 Å². The minimum absolute atomic E-state index is 0.293. The van der Waals surface area contributed by atoms with E-state index in [4.69, 9.17) is 4.74 Å². The van der Waals surface area contributed by atoms with Gasteiger partial charge in [0.15, 0.2) is 11.6 Å². The van der Waals surface area contributed by atoms with Gasteiger partial charge in [0.05, 0.1) is 12.8 Å². The summed E-state index contributed by atoms with van der Waals surface area (Å²) in [5.74, 6) is 0.00715. The van der Waals surface area contributed by atoms with Crippen LogP contribution in [0.15, 0.2) is 42.6 Å². The van der Waals surface area contributed by atoms with Crippen molar-refractivity contribution in [3.63, 3.8) is 0 Å². The highest BCUT2D eigenvalue weighted by Gasteiger charge is 2.17. The van der Waals surface area contributed by atoms with Crippen molar-refractivity contribution in [3.05, 3.63) is 59.7 Å². The monoisotopic (exact) mass is 315 g/mol. The van der Waals surface area contributed by atoms with Gasteiger partial charge in [0, 0.05) is 45.5 Å². The van der Waals surface area contributed by atoms with Gasteiger partial charge in [0.1, 0.15) is 0 Å². The third kappa shape index (κ3) is 4.27. The third-order valence-electron chi connectivity index (χ3n) is 4.20. The van der Waals surface area contributed by atoms with Crippen molar-refractivity contribution in [2.24, 2.45) is 0 Å². The second-order valence-electron chi connectivity index (χ2n) is 5.84. The normalized spacial score (nSPS) is 16.4. The zero-order valence-corrected chi connectivity index (χ0v) is 13.4.